The Labute approximate surface area is 175 Å². The Kier molecular flexibility index (Phi) is 12.0. The van der Waals surface area contributed by atoms with Crippen LogP contribution in [0.2, 0.25) is 0 Å². The second-order valence-corrected chi connectivity index (χ2v) is 7.18. The van der Waals surface area contributed by atoms with Crippen LogP contribution in [-0.4, -0.2) is 88.3 Å². The van der Waals surface area contributed by atoms with Gasteiger partial charge in [0.15, 0.2) is 5.96 Å². The van der Waals surface area contributed by atoms with Crippen LogP contribution in [0.3, 0.4) is 0 Å². The number of nitrogens with one attached hydrogen (secondary N) is 2. The Bertz CT molecular complexity index is 406. The van der Waals surface area contributed by atoms with Crippen molar-refractivity contribution in [2.24, 2.45) is 10.4 Å². The van der Waals surface area contributed by atoms with E-state index in [4.69, 9.17) is 14.5 Å². The molecule has 2 saturated heterocycles. The molecule has 2 heterocycles. The van der Waals surface area contributed by atoms with Crippen LogP contribution in [0.15, 0.2) is 4.99 Å². The van der Waals surface area contributed by atoms with Gasteiger partial charge in [0.25, 0.3) is 0 Å². The molecule has 154 valence electrons. The molecule has 2 fully saturated rings. The van der Waals surface area contributed by atoms with E-state index >= 15 is 0 Å². The molecule has 3 N–H and O–H groups in total. The molecule has 2 rings (SSSR count). The molecule has 2 atom stereocenters. The number of hydrogen-bond donors (Lipinski definition) is 3. The van der Waals surface area contributed by atoms with E-state index < -0.39 is 0 Å². The van der Waals surface area contributed by atoms with Gasteiger partial charge in [-0.15, -0.1) is 24.0 Å². The van der Waals surface area contributed by atoms with Crippen LogP contribution in [0, 0.1) is 5.41 Å². The summed E-state index contributed by atoms with van der Waals surface area (Å²) in [5.41, 5.74) is -0.00500. The lowest BCUT2D eigenvalue weighted by molar-refractivity contribution is 0.131. The first-order valence-corrected chi connectivity index (χ1v) is 9.67. The van der Waals surface area contributed by atoms with Gasteiger partial charge in [0, 0.05) is 51.4 Å². The third-order valence-corrected chi connectivity index (χ3v) is 5.33. The SMILES string of the molecule is CCNC(=NCC1(CCO)CCOC1)NCC1CCCN1CCOC.I. The van der Waals surface area contributed by atoms with Gasteiger partial charge in [0.1, 0.15) is 0 Å². The molecule has 0 bridgehead atoms. The maximum Gasteiger partial charge on any atom is 0.191 e. The lowest BCUT2D eigenvalue weighted by atomic mass is 9.84. The van der Waals surface area contributed by atoms with Gasteiger partial charge in [0.2, 0.25) is 0 Å². The molecule has 2 aliphatic heterocycles. The molecule has 26 heavy (non-hydrogen) atoms. The van der Waals surface area contributed by atoms with E-state index in [0.717, 1.165) is 58.2 Å². The summed E-state index contributed by atoms with van der Waals surface area (Å²) in [5.74, 6) is 0.866. The summed E-state index contributed by atoms with van der Waals surface area (Å²) in [6.07, 6.45) is 4.20. The Balaban J connectivity index is 0.00000338. The van der Waals surface area contributed by atoms with Crippen molar-refractivity contribution in [2.45, 2.75) is 38.6 Å². The van der Waals surface area contributed by atoms with Crippen molar-refractivity contribution in [1.29, 1.82) is 0 Å². The minimum atomic E-state index is -0.00500. The zero-order valence-electron chi connectivity index (χ0n) is 16.3. The molecule has 0 aromatic carbocycles. The number of methoxy groups -OCH3 is 1. The average Bonchev–Trinajstić information content (AvgIpc) is 3.25. The minimum absolute atomic E-state index is 0. The van der Waals surface area contributed by atoms with Crippen LogP contribution >= 0.6 is 24.0 Å². The average molecular weight is 484 g/mol. The van der Waals surface area contributed by atoms with E-state index in [1.54, 1.807) is 7.11 Å². The molecular formula is C18H37IN4O3. The van der Waals surface area contributed by atoms with Gasteiger partial charge < -0.3 is 25.2 Å². The number of aliphatic hydroxyl groups excluding tert-OH is 1. The monoisotopic (exact) mass is 484 g/mol. The predicted octanol–water partition coefficient (Wildman–Crippen LogP) is 1.06. The van der Waals surface area contributed by atoms with E-state index in [1.165, 1.54) is 12.8 Å². The topological polar surface area (TPSA) is 78.4 Å². The number of halogens is 1. The van der Waals surface area contributed by atoms with Gasteiger partial charge in [-0.05, 0) is 39.2 Å². The highest BCUT2D eigenvalue weighted by Crippen LogP contribution is 2.32. The summed E-state index contributed by atoms with van der Waals surface area (Å²) in [5, 5.41) is 16.2. The highest BCUT2D eigenvalue weighted by atomic mass is 127. The first-order valence-electron chi connectivity index (χ1n) is 9.67. The van der Waals surface area contributed by atoms with E-state index in [-0.39, 0.29) is 36.0 Å². The standard InChI is InChI=1S/C18H36N4O3.HI/c1-3-19-17(21-14-18(6-10-23)7-11-25-15-18)20-13-16-5-4-8-22(16)9-12-24-2;/h16,23H,3-15H2,1-2H3,(H2,19,20,21);1H. The number of nitrogens with zero attached hydrogens (tertiary/aromatic N) is 2. The van der Waals surface area contributed by atoms with Crippen LogP contribution in [0.4, 0.5) is 0 Å². The van der Waals surface area contributed by atoms with Gasteiger partial charge in [0.05, 0.1) is 19.8 Å². The summed E-state index contributed by atoms with van der Waals surface area (Å²) in [7, 11) is 1.76. The fraction of sp³-hybridized carbons (Fsp3) is 0.944. The molecule has 8 heteroatoms. The Hall–Kier alpha value is -0.160. The minimum Gasteiger partial charge on any atom is -0.396 e. The Morgan fingerprint density at radius 2 is 2.27 bits per heavy atom. The maximum atomic E-state index is 9.36. The zero-order valence-corrected chi connectivity index (χ0v) is 18.7. The maximum absolute atomic E-state index is 9.36. The smallest absolute Gasteiger partial charge is 0.191 e. The number of ether oxygens (including phenoxy) is 2. The number of aliphatic hydroxyl groups is 1. The molecule has 7 nitrogen and oxygen atoms in total. The zero-order chi connectivity index (χ0) is 18.0. The number of likely N-dealkylation sites (tertiary alicyclic amines) is 1. The van der Waals surface area contributed by atoms with Crippen molar-refractivity contribution >= 4 is 29.9 Å². The van der Waals surface area contributed by atoms with Crippen molar-refractivity contribution in [3.8, 4) is 0 Å². The normalized spacial score (nSPS) is 26.7. The number of aliphatic imine (C=N–C) groups is 1. The first kappa shape index (κ1) is 23.9. The van der Waals surface area contributed by atoms with E-state index in [9.17, 15) is 5.11 Å². The van der Waals surface area contributed by atoms with Crippen molar-refractivity contribution < 1.29 is 14.6 Å². The van der Waals surface area contributed by atoms with E-state index in [2.05, 4.69) is 22.5 Å². The van der Waals surface area contributed by atoms with Gasteiger partial charge in [-0.3, -0.25) is 9.89 Å². The molecule has 0 aliphatic carbocycles. The van der Waals surface area contributed by atoms with Crippen molar-refractivity contribution in [1.82, 2.24) is 15.5 Å². The van der Waals surface area contributed by atoms with Gasteiger partial charge in [-0.2, -0.15) is 0 Å². The quantitative estimate of drug-likeness (QED) is 0.245. The summed E-state index contributed by atoms with van der Waals surface area (Å²) in [6.45, 7) is 9.12. The second kappa shape index (κ2) is 13.1. The molecule has 0 radical (unpaired) electrons. The van der Waals surface area contributed by atoms with Crippen molar-refractivity contribution in [2.75, 3.05) is 66.3 Å². The molecule has 0 aromatic heterocycles. The highest BCUT2D eigenvalue weighted by molar-refractivity contribution is 14.0. The molecule has 2 aliphatic rings. The third-order valence-electron chi connectivity index (χ3n) is 5.33. The summed E-state index contributed by atoms with van der Waals surface area (Å²) < 4.78 is 10.8. The van der Waals surface area contributed by atoms with Crippen molar-refractivity contribution in [3.05, 3.63) is 0 Å². The summed E-state index contributed by atoms with van der Waals surface area (Å²) in [6, 6.07) is 0.542. The van der Waals surface area contributed by atoms with Crippen molar-refractivity contribution in [3.63, 3.8) is 0 Å². The summed E-state index contributed by atoms with van der Waals surface area (Å²) in [4.78, 5) is 7.29. The number of hydrogen-bond acceptors (Lipinski definition) is 5. The molecule has 0 saturated carbocycles. The Morgan fingerprint density at radius 3 is 2.92 bits per heavy atom. The van der Waals surface area contributed by atoms with Gasteiger partial charge >= 0.3 is 0 Å². The summed E-state index contributed by atoms with van der Waals surface area (Å²) >= 11 is 0. The molecule has 0 amide bonds. The van der Waals surface area contributed by atoms with Gasteiger partial charge in [-0.25, -0.2) is 0 Å². The molecule has 2 unspecified atom stereocenters. The highest BCUT2D eigenvalue weighted by Gasteiger charge is 2.34. The predicted molar refractivity (Wildman–Crippen MR) is 115 cm³/mol. The van der Waals surface area contributed by atoms with Crippen LogP contribution in [0.1, 0.15) is 32.6 Å². The number of guanidine groups is 1. The first-order chi connectivity index (χ1) is 12.2. The van der Waals surface area contributed by atoms with Gasteiger partial charge in [-0.1, -0.05) is 0 Å². The number of rotatable bonds is 10. The molecule has 0 aromatic rings. The fourth-order valence-electron chi connectivity index (χ4n) is 3.72. The van der Waals surface area contributed by atoms with Crippen LogP contribution in [0.25, 0.3) is 0 Å². The van der Waals surface area contributed by atoms with Crippen LogP contribution < -0.4 is 10.6 Å². The third kappa shape index (κ3) is 7.46. The van der Waals surface area contributed by atoms with E-state index in [0.29, 0.717) is 19.2 Å². The Morgan fingerprint density at radius 1 is 1.42 bits per heavy atom. The van der Waals surface area contributed by atoms with E-state index in [1.807, 2.05) is 0 Å². The molecule has 0 spiro atoms. The fourth-order valence-corrected chi connectivity index (χ4v) is 3.72. The lowest BCUT2D eigenvalue weighted by Gasteiger charge is -2.27. The lowest BCUT2D eigenvalue weighted by Crippen LogP contribution is -2.46. The van der Waals surface area contributed by atoms with Crippen LogP contribution in [0.5, 0.6) is 0 Å². The van der Waals surface area contributed by atoms with Crippen LogP contribution in [-0.2, 0) is 9.47 Å². The second-order valence-electron chi connectivity index (χ2n) is 7.18. The largest absolute Gasteiger partial charge is 0.396 e. The molecular weight excluding hydrogens is 447 g/mol.